The summed E-state index contributed by atoms with van der Waals surface area (Å²) in [6.07, 6.45) is 1.83. The number of nitrogens with zero attached hydrogens (tertiary/aromatic N) is 3. The van der Waals surface area contributed by atoms with Gasteiger partial charge in [-0.2, -0.15) is 10.4 Å². The molecule has 0 saturated carbocycles. The van der Waals surface area contributed by atoms with Crippen LogP contribution in [0.2, 0.25) is 25.7 Å². The zero-order valence-corrected chi connectivity index (χ0v) is 17.6. The molecule has 0 amide bonds. The largest absolute Gasteiger partial charge is 0.483 e. The molecule has 0 radical (unpaired) electrons. The Morgan fingerprint density at radius 2 is 2.20 bits per heavy atom. The summed E-state index contributed by atoms with van der Waals surface area (Å²) in [4.78, 5) is 0. The Labute approximate surface area is 160 Å². The lowest BCUT2D eigenvalue weighted by molar-refractivity contribution is 0.0780. The van der Waals surface area contributed by atoms with Crippen molar-refractivity contribution in [1.82, 2.24) is 9.78 Å². The van der Waals surface area contributed by atoms with Crippen LogP contribution in [0.5, 0.6) is 5.75 Å². The molecule has 2 aromatic rings. The van der Waals surface area contributed by atoms with Crippen LogP contribution in [-0.4, -0.2) is 24.5 Å². The number of rotatable bonds is 5. The molecule has 0 aliphatic carbocycles. The van der Waals surface area contributed by atoms with E-state index in [-0.39, 0.29) is 15.9 Å². The molecule has 3 rings (SSSR count). The molecule has 25 heavy (non-hydrogen) atoms. The van der Waals surface area contributed by atoms with Gasteiger partial charge in [-0.3, -0.25) is 0 Å². The van der Waals surface area contributed by atoms with Gasteiger partial charge in [0.1, 0.15) is 25.1 Å². The van der Waals surface area contributed by atoms with E-state index in [0.29, 0.717) is 24.5 Å². The topological polar surface area (TPSA) is 60.1 Å². The highest BCUT2D eigenvalue weighted by Crippen LogP contribution is 2.41. The molecule has 0 atom stereocenters. The summed E-state index contributed by atoms with van der Waals surface area (Å²) < 4.78 is 27.7. The molecule has 0 saturated heterocycles. The third kappa shape index (κ3) is 3.88. The third-order valence-electron chi connectivity index (χ3n) is 3.98. The van der Waals surface area contributed by atoms with E-state index in [1.54, 1.807) is 10.7 Å². The Morgan fingerprint density at radius 1 is 1.44 bits per heavy atom. The van der Waals surface area contributed by atoms with Gasteiger partial charge in [0.15, 0.2) is 11.6 Å². The number of benzene rings is 1. The smallest absolute Gasteiger partial charge is 0.180 e. The molecule has 1 aliphatic heterocycles. The van der Waals surface area contributed by atoms with Crippen molar-refractivity contribution in [3.8, 4) is 22.9 Å². The second kappa shape index (κ2) is 7.05. The van der Waals surface area contributed by atoms with Crippen LogP contribution < -0.4 is 4.74 Å². The number of halogens is 2. The van der Waals surface area contributed by atoms with Crippen LogP contribution in [-0.2, 0) is 18.1 Å². The number of fused-ring (bicyclic) bond motifs is 3. The van der Waals surface area contributed by atoms with Crippen molar-refractivity contribution < 1.29 is 13.9 Å². The van der Waals surface area contributed by atoms with E-state index in [9.17, 15) is 9.65 Å². The molecule has 0 unspecified atom stereocenters. The van der Waals surface area contributed by atoms with Crippen molar-refractivity contribution in [1.29, 1.82) is 5.26 Å². The zero-order chi connectivity index (χ0) is 18.2. The van der Waals surface area contributed by atoms with E-state index in [2.05, 4.69) is 24.7 Å². The van der Waals surface area contributed by atoms with E-state index in [0.717, 1.165) is 17.3 Å². The second-order valence-corrected chi connectivity index (χ2v) is 13.9. The van der Waals surface area contributed by atoms with E-state index in [1.165, 1.54) is 0 Å². The molecule has 1 aromatic carbocycles. The fourth-order valence-corrected chi connectivity index (χ4v) is 3.85. The van der Waals surface area contributed by atoms with Crippen LogP contribution in [0, 0.1) is 20.7 Å². The Bertz CT molecular complexity index is 855. The van der Waals surface area contributed by atoms with Crippen molar-refractivity contribution in [2.45, 2.75) is 39.0 Å². The molecule has 5 nitrogen and oxygen atoms in total. The molecule has 0 fully saturated rings. The predicted molar refractivity (Wildman–Crippen MR) is 103 cm³/mol. The Morgan fingerprint density at radius 3 is 2.88 bits per heavy atom. The summed E-state index contributed by atoms with van der Waals surface area (Å²) in [5, 5.41) is 13.7. The SMILES string of the molecule is C[Si](C)(C)CCOCn1cc2c(n1)COc1c-2cc(C#N)c(I)c1F. The number of hydrogen-bond acceptors (Lipinski definition) is 4. The normalized spacial score (nSPS) is 13.0. The fraction of sp³-hybridized carbons (Fsp3) is 0.412. The lowest BCUT2D eigenvalue weighted by Crippen LogP contribution is -2.22. The van der Waals surface area contributed by atoms with E-state index >= 15 is 0 Å². The van der Waals surface area contributed by atoms with Gasteiger partial charge in [0, 0.05) is 32.0 Å². The maximum absolute atomic E-state index is 14.5. The molecular weight excluding hydrogens is 452 g/mol. The van der Waals surface area contributed by atoms with Crippen molar-refractivity contribution in [2.24, 2.45) is 0 Å². The van der Waals surface area contributed by atoms with E-state index in [4.69, 9.17) is 9.47 Å². The molecular formula is C17H19FIN3O2Si. The fourth-order valence-electron chi connectivity index (χ4n) is 2.57. The summed E-state index contributed by atoms with van der Waals surface area (Å²) in [6, 6.07) is 4.78. The molecule has 0 N–H and O–H groups in total. The molecule has 8 heteroatoms. The average molecular weight is 471 g/mol. The third-order valence-corrected chi connectivity index (χ3v) is 6.74. The first-order valence-electron chi connectivity index (χ1n) is 7.99. The summed E-state index contributed by atoms with van der Waals surface area (Å²) in [5.41, 5.74) is 2.39. The predicted octanol–water partition coefficient (Wildman–Crippen LogP) is 4.37. The maximum Gasteiger partial charge on any atom is 0.180 e. The monoisotopic (exact) mass is 471 g/mol. The molecule has 1 aromatic heterocycles. The highest BCUT2D eigenvalue weighted by atomic mass is 127. The van der Waals surface area contributed by atoms with Gasteiger partial charge in [-0.15, -0.1) is 0 Å². The first kappa shape index (κ1) is 18.4. The number of ether oxygens (including phenoxy) is 2. The summed E-state index contributed by atoms with van der Waals surface area (Å²) in [7, 11) is -1.12. The van der Waals surface area contributed by atoms with Gasteiger partial charge in [-0.05, 0) is 34.7 Å². The minimum absolute atomic E-state index is 0.190. The Balaban J connectivity index is 1.83. The average Bonchev–Trinajstić information content (AvgIpc) is 2.97. The van der Waals surface area contributed by atoms with Crippen molar-refractivity contribution in [3.63, 3.8) is 0 Å². The highest BCUT2D eigenvalue weighted by Gasteiger charge is 2.27. The van der Waals surface area contributed by atoms with Crippen LogP contribution >= 0.6 is 22.6 Å². The van der Waals surface area contributed by atoms with Gasteiger partial charge in [-0.25, -0.2) is 9.07 Å². The van der Waals surface area contributed by atoms with Crippen molar-refractivity contribution >= 4 is 30.7 Å². The van der Waals surface area contributed by atoms with Gasteiger partial charge in [-0.1, -0.05) is 19.6 Å². The highest BCUT2D eigenvalue weighted by molar-refractivity contribution is 14.1. The molecule has 0 spiro atoms. The molecule has 1 aliphatic rings. The van der Waals surface area contributed by atoms with Gasteiger partial charge in [0.25, 0.3) is 0 Å². The Hall–Kier alpha value is -1.44. The quantitative estimate of drug-likeness (QED) is 0.369. The van der Waals surface area contributed by atoms with Crippen LogP contribution in [0.25, 0.3) is 11.1 Å². The van der Waals surface area contributed by atoms with E-state index in [1.807, 2.05) is 34.9 Å². The lowest BCUT2D eigenvalue weighted by Gasteiger charge is -2.18. The number of hydrogen-bond donors (Lipinski definition) is 0. The van der Waals surface area contributed by atoms with Crippen LogP contribution in [0.3, 0.4) is 0 Å². The summed E-state index contributed by atoms with van der Waals surface area (Å²) in [5.74, 6) is -0.297. The number of aromatic nitrogens is 2. The van der Waals surface area contributed by atoms with Gasteiger partial charge >= 0.3 is 0 Å². The number of nitriles is 1. The van der Waals surface area contributed by atoms with Gasteiger partial charge in [0.05, 0.1) is 9.13 Å². The molecule has 0 bridgehead atoms. The van der Waals surface area contributed by atoms with Crippen LogP contribution in [0.15, 0.2) is 12.3 Å². The molecule has 2 heterocycles. The summed E-state index contributed by atoms with van der Waals surface area (Å²) in [6.45, 7) is 8.19. The first-order chi connectivity index (χ1) is 11.8. The first-order valence-corrected chi connectivity index (χ1v) is 12.8. The van der Waals surface area contributed by atoms with Crippen molar-refractivity contribution in [3.05, 3.63) is 32.9 Å². The van der Waals surface area contributed by atoms with Crippen molar-refractivity contribution in [2.75, 3.05) is 6.61 Å². The minimum atomic E-state index is -1.12. The minimum Gasteiger partial charge on any atom is -0.483 e. The molecule has 132 valence electrons. The summed E-state index contributed by atoms with van der Waals surface area (Å²) >= 11 is 1.83. The standard InChI is InChI=1S/C17H19FIN3O2Si/c1-25(2,3)5-4-23-10-22-8-13-12-6-11(7-20)16(19)15(18)17(12)24-9-14(13)21-22/h6,8H,4-5,9-10H2,1-3H3. The van der Waals surface area contributed by atoms with E-state index < -0.39 is 13.9 Å². The van der Waals surface area contributed by atoms with Crippen LogP contribution in [0.1, 0.15) is 11.3 Å². The second-order valence-electron chi connectivity index (χ2n) is 7.21. The maximum atomic E-state index is 14.5. The van der Waals surface area contributed by atoms with Gasteiger partial charge < -0.3 is 9.47 Å². The zero-order valence-electron chi connectivity index (χ0n) is 14.4. The van der Waals surface area contributed by atoms with Gasteiger partial charge in [0.2, 0.25) is 0 Å². The van der Waals surface area contributed by atoms with Crippen LogP contribution in [0.4, 0.5) is 4.39 Å². The Kier molecular flexibility index (Phi) is 5.18. The lowest BCUT2D eigenvalue weighted by atomic mass is 10.0.